The zero-order valence-corrected chi connectivity index (χ0v) is 13.1. The van der Waals surface area contributed by atoms with Gasteiger partial charge in [-0.3, -0.25) is 4.79 Å². The molecule has 1 heterocycles. The van der Waals surface area contributed by atoms with Gasteiger partial charge in [0, 0.05) is 18.9 Å². The number of benzene rings is 1. The zero-order chi connectivity index (χ0) is 15.5. The van der Waals surface area contributed by atoms with Gasteiger partial charge >= 0.3 is 5.97 Å². The minimum absolute atomic E-state index is 0.0108. The van der Waals surface area contributed by atoms with E-state index >= 15 is 0 Å². The lowest BCUT2D eigenvalue weighted by molar-refractivity contribution is -0.140. The molecule has 0 spiro atoms. The molecule has 0 aromatic heterocycles. The van der Waals surface area contributed by atoms with Crippen LogP contribution in [0.3, 0.4) is 0 Å². The Morgan fingerprint density at radius 3 is 2.90 bits per heavy atom. The van der Waals surface area contributed by atoms with Crippen LogP contribution in [0.25, 0.3) is 0 Å². The topological polar surface area (TPSA) is 61.5 Å². The van der Waals surface area contributed by atoms with Crippen molar-refractivity contribution in [2.24, 2.45) is 5.73 Å². The van der Waals surface area contributed by atoms with E-state index in [1.807, 2.05) is 12.1 Å². The van der Waals surface area contributed by atoms with Crippen LogP contribution < -0.4 is 10.5 Å². The molecule has 4 heteroatoms. The lowest BCUT2D eigenvalue weighted by atomic mass is 9.96. The van der Waals surface area contributed by atoms with Gasteiger partial charge in [0.2, 0.25) is 0 Å². The van der Waals surface area contributed by atoms with E-state index in [9.17, 15) is 4.79 Å². The quantitative estimate of drug-likeness (QED) is 0.646. The van der Waals surface area contributed by atoms with Gasteiger partial charge in [-0.1, -0.05) is 18.6 Å². The Balaban J connectivity index is 1.87. The van der Waals surface area contributed by atoms with E-state index in [0.717, 1.165) is 37.0 Å². The molecule has 2 rings (SSSR count). The van der Waals surface area contributed by atoms with Crippen molar-refractivity contribution in [3.05, 3.63) is 29.3 Å². The van der Waals surface area contributed by atoms with E-state index in [2.05, 4.69) is 24.7 Å². The van der Waals surface area contributed by atoms with Gasteiger partial charge in [-0.2, -0.15) is 0 Å². The minimum Gasteiger partial charge on any atom is -0.487 e. The third kappa shape index (κ3) is 4.21. The van der Waals surface area contributed by atoms with Crippen molar-refractivity contribution in [1.29, 1.82) is 0 Å². The van der Waals surface area contributed by atoms with Crippen molar-refractivity contribution in [3.63, 3.8) is 0 Å². The van der Waals surface area contributed by atoms with Crippen LogP contribution >= 0.6 is 0 Å². The first kappa shape index (κ1) is 15.8. The second-order valence-corrected chi connectivity index (χ2v) is 6.33. The van der Waals surface area contributed by atoms with Gasteiger partial charge in [0.15, 0.2) is 0 Å². The minimum atomic E-state index is -0.152. The summed E-state index contributed by atoms with van der Waals surface area (Å²) in [5, 5.41) is 0. The smallest absolute Gasteiger partial charge is 0.305 e. The first-order valence-corrected chi connectivity index (χ1v) is 7.55. The normalized spacial score (nSPS) is 17.0. The number of ether oxygens (including phenoxy) is 2. The molecular formula is C17H25NO3. The fourth-order valence-electron chi connectivity index (χ4n) is 2.76. The number of methoxy groups -OCH3 is 1. The standard InChI is InChI=1S/C17H25NO3/c1-17(2)11-13-10-12(8-9-15(13)21-17)14(18)6-4-5-7-16(19)20-3/h8-10,14H,4-7,11,18H2,1-3H3. The first-order valence-electron chi connectivity index (χ1n) is 7.55. The van der Waals surface area contributed by atoms with E-state index in [-0.39, 0.29) is 17.6 Å². The van der Waals surface area contributed by atoms with Crippen LogP contribution in [0.2, 0.25) is 0 Å². The third-order valence-corrected chi connectivity index (χ3v) is 3.89. The Hall–Kier alpha value is -1.55. The predicted octanol–water partition coefficient (Wildman–Crippen LogP) is 3.13. The number of carbonyl (C=O) groups excluding carboxylic acids is 1. The molecule has 0 bridgehead atoms. The van der Waals surface area contributed by atoms with Crippen molar-refractivity contribution < 1.29 is 14.3 Å². The van der Waals surface area contributed by atoms with Gasteiger partial charge in [-0.05, 0) is 43.9 Å². The first-order chi connectivity index (χ1) is 9.91. The highest BCUT2D eigenvalue weighted by molar-refractivity contribution is 5.68. The highest BCUT2D eigenvalue weighted by atomic mass is 16.5. The molecular weight excluding hydrogens is 266 g/mol. The van der Waals surface area contributed by atoms with E-state index < -0.39 is 0 Å². The van der Waals surface area contributed by atoms with Crippen molar-refractivity contribution >= 4 is 5.97 Å². The van der Waals surface area contributed by atoms with Crippen molar-refractivity contribution in [2.75, 3.05) is 7.11 Å². The summed E-state index contributed by atoms with van der Waals surface area (Å²) in [6.07, 6.45) is 4.01. The summed E-state index contributed by atoms with van der Waals surface area (Å²) in [6.45, 7) is 4.19. The van der Waals surface area contributed by atoms with Crippen LogP contribution in [0.15, 0.2) is 18.2 Å². The van der Waals surface area contributed by atoms with Gasteiger partial charge in [0.05, 0.1) is 7.11 Å². The van der Waals surface area contributed by atoms with Crippen LogP contribution in [0, 0.1) is 0 Å². The van der Waals surface area contributed by atoms with E-state index in [1.165, 1.54) is 12.7 Å². The van der Waals surface area contributed by atoms with Gasteiger partial charge in [0.1, 0.15) is 11.4 Å². The van der Waals surface area contributed by atoms with Gasteiger partial charge in [0.25, 0.3) is 0 Å². The fourth-order valence-corrected chi connectivity index (χ4v) is 2.76. The largest absolute Gasteiger partial charge is 0.487 e. The summed E-state index contributed by atoms with van der Waals surface area (Å²) in [5.41, 5.74) is 8.51. The summed E-state index contributed by atoms with van der Waals surface area (Å²) < 4.78 is 10.5. The van der Waals surface area contributed by atoms with Crippen LogP contribution in [-0.2, 0) is 16.0 Å². The summed E-state index contributed by atoms with van der Waals surface area (Å²) in [7, 11) is 1.42. The Morgan fingerprint density at radius 1 is 1.43 bits per heavy atom. The van der Waals surface area contributed by atoms with E-state index in [1.54, 1.807) is 0 Å². The Labute approximate surface area is 126 Å². The van der Waals surface area contributed by atoms with Crippen LogP contribution in [0.1, 0.15) is 56.7 Å². The molecule has 1 aromatic carbocycles. The van der Waals surface area contributed by atoms with Crippen molar-refractivity contribution in [2.45, 2.75) is 57.6 Å². The number of hydrogen-bond acceptors (Lipinski definition) is 4. The maximum atomic E-state index is 11.0. The highest BCUT2D eigenvalue weighted by Gasteiger charge is 2.30. The summed E-state index contributed by atoms with van der Waals surface area (Å²) in [4.78, 5) is 11.0. The van der Waals surface area contributed by atoms with Crippen molar-refractivity contribution in [1.82, 2.24) is 0 Å². The lowest BCUT2D eigenvalue weighted by Gasteiger charge is -2.16. The second kappa shape index (κ2) is 6.48. The number of carbonyl (C=O) groups is 1. The Bertz CT molecular complexity index is 511. The zero-order valence-electron chi connectivity index (χ0n) is 13.1. The highest BCUT2D eigenvalue weighted by Crippen LogP contribution is 2.36. The number of unbranched alkanes of at least 4 members (excludes halogenated alkanes) is 1. The van der Waals surface area contributed by atoms with Crippen LogP contribution in [0.5, 0.6) is 5.75 Å². The molecule has 0 aliphatic carbocycles. The SMILES string of the molecule is COC(=O)CCCCC(N)c1ccc2c(c1)CC(C)(C)O2. The molecule has 1 aliphatic heterocycles. The molecule has 1 aliphatic rings. The lowest BCUT2D eigenvalue weighted by Crippen LogP contribution is -2.24. The average Bonchev–Trinajstić information content (AvgIpc) is 2.75. The summed E-state index contributed by atoms with van der Waals surface area (Å²) in [5.74, 6) is 0.821. The Morgan fingerprint density at radius 2 is 2.19 bits per heavy atom. The molecule has 116 valence electrons. The molecule has 1 unspecified atom stereocenters. The molecule has 0 saturated heterocycles. The Kier molecular flexibility index (Phi) is 4.88. The number of nitrogens with two attached hydrogens (primary N) is 1. The number of esters is 1. The number of hydrogen-bond donors (Lipinski definition) is 1. The molecule has 2 N–H and O–H groups in total. The molecule has 0 amide bonds. The van der Waals surface area contributed by atoms with E-state index in [4.69, 9.17) is 10.5 Å². The van der Waals surface area contributed by atoms with Crippen LogP contribution in [0.4, 0.5) is 0 Å². The maximum absolute atomic E-state index is 11.0. The molecule has 21 heavy (non-hydrogen) atoms. The molecule has 0 fully saturated rings. The second-order valence-electron chi connectivity index (χ2n) is 6.33. The monoisotopic (exact) mass is 291 g/mol. The summed E-state index contributed by atoms with van der Waals surface area (Å²) >= 11 is 0. The van der Waals surface area contributed by atoms with Crippen molar-refractivity contribution in [3.8, 4) is 5.75 Å². The third-order valence-electron chi connectivity index (χ3n) is 3.89. The molecule has 0 saturated carbocycles. The fraction of sp³-hybridized carbons (Fsp3) is 0.588. The van der Waals surface area contributed by atoms with Gasteiger partial charge in [-0.15, -0.1) is 0 Å². The maximum Gasteiger partial charge on any atom is 0.305 e. The summed E-state index contributed by atoms with van der Waals surface area (Å²) in [6, 6.07) is 6.24. The van der Waals surface area contributed by atoms with E-state index in [0.29, 0.717) is 6.42 Å². The predicted molar refractivity (Wildman–Crippen MR) is 82.3 cm³/mol. The molecule has 4 nitrogen and oxygen atoms in total. The number of fused-ring (bicyclic) bond motifs is 1. The average molecular weight is 291 g/mol. The molecule has 0 radical (unpaired) electrons. The van der Waals surface area contributed by atoms with Gasteiger partial charge in [-0.25, -0.2) is 0 Å². The molecule has 1 atom stereocenters. The number of rotatable bonds is 6. The molecule has 1 aromatic rings. The van der Waals surface area contributed by atoms with Crippen LogP contribution in [-0.4, -0.2) is 18.7 Å². The van der Waals surface area contributed by atoms with Gasteiger partial charge < -0.3 is 15.2 Å².